The number of carbonyl (C=O) groups excluding carboxylic acids is 1. The first-order chi connectivity index (χ1) is 15.4. The van der Waals surface area contributed by atoms with E-state index in [0.717, 1.165) is 29.3 Å². The van der Waals surface area contributed by atoms with Gasteiger partial charge in [0.15, 0.2) is 0 Å². The van der Waals surface area contributed by atoms with Crippen LogP contribution in [0, 0.1) is 11.3 Å². The van der Waals surface area contributed by atoms with E-state index in [2.05, 4.69) is 10.8 Å². The molecule has 1 amide bonds. The molecule has 0 radical (unpaired) electrons. The van der Waals surface area contributed by atoms with Gasteiger partial charge < -0.3 is 4.74 Å². The zero-order chi connectivity index (χ0) is 22.7. The topological polar surface area (TPSA) is 56.6 Å². The Bertz CT molecular complexity index is 1190. The Hall–Kier alpha value is -3.73. The van der Waals surface area contributed by atoms with E-state index in [1.165, 1.54) is 18.2 Å². The van der Waals surface area contributed by atoms with Crippen LogP contribution in [0.2, 0.25) is 0 Å². The number of hydrogen-bond donors (Lipinski definition) is 0. The van der Waals surface area contributed by atoms with E-state index in [4.69, 9.17) is 0 Å². The fourth-order valence-electron chi connectivity index (χ4n) is 4.01. The van der Waals surface area contributed by atoms with Gasteiger partial charge in [0.1, 0.15) is 5.75 Å². The molecule has 0 saturated carbocycles. The second-order valence-corrected chi connectivity index (χ2v) is 7.47. The van der Waals surface area contributed by atoms with Crippen LogP contribution in [0.4, 0.5) is 18.9 Å². The molecule has 8 heteroatoms. The standard InChI is InChI=1S/C24H20F3N3O2/c25-24(26,27)32-22-10-4-1-7-17(22)15-23(31)30-14-6-5-13-29(30)21-12-11-18(16-28)19-8-2-3-9-20(19)21/h1-4,7-12H,5-6,13-15H2. The third kappa shape index (κ3) is 4.47. The molecule has 0 unspecified atom stereocenters. The molecule has 4 rings (SSSR count). The number of nitriles is 1. The predicted octanol–water partition coefficient (Wildman–Crippen LogP) is 5.20. The average molecular weight is 439 g/mol. The average Bonchev–Trinajstić information content (AvgIpc) is 2.78. The second kappa shape index (κ2) is 8.79. The maximum absolute atomic E-state index is 13.2. The van der Waals surface area contributed by atoms with E-state index in [9.17, 15) is 23.2 Å². The number of ether oxygens (including phenoxy) is 1. The molecule has 1 fully saturated rings. The van der Waals surface area contributed by atoms with E-state index in [1.54, 1.807) is 17.1 Å². The Morgan fingerprint density at radius 1 is 0.969 bits per heavy atom. The molecule has 0 N–H and O–H groups in total. The third-order valence-corrected chi connectivity index (χ3v) is 5.41. The summed E-state index contributed by atoms with van der Waals surface area (Å²) in [6.07, 6.45) is -3.41. The molecule has 0 spiro atoms. The Morgan fingerprint density at radius 3 is 2.41 bits per heavy atom. The summed E-state index contributed by atoms with van der Waals surface area (Å²) in [5.41, 5.74) is 1.50. The first-order valence-electron chi connectivity index (χ1n) is 10.2. The van der Waals surface area contributed by atoms with Crippen LogP contribution in [0.25, 0.3) is 10.8 Å². The number of rotatable bonds is 4. The molecule has 0 aliphatic carbocycles. The lowest BCUT2D eigenvalue weighted by Gasteiger charge is -2.41. The van der Waals surface area contributed by atoms with Crippen LogP contribution in [-0.4, -0.2) is 30.4 Å². The molecule has 5 nitrogen and oxygen atoms in total. The van der Waals surface area contributed by atoms with Gasteiger partial charge in [0.25, 0.3) is 0 Å². The highest BCUT2D eigenvalue weighted by Crippen LogP contribution is 2.33. The number of anilines is 1. The van der Waals surface area contributed by atoms with Gasteiger partial charge in [0.05, 0.1) is 23.7 Å². The number of nitrogens with zero attached hydrogens (tertiary/aromatic N) is 3. The van der Waals surface area contributed by atoms with Gasteiger partial charge in [-0.2, -0.15) is 5.26 Å². The Labute approximate surface area is 183 Å². The van der Waals surface area contributed by atoms with Gasteiger partial charge in [0, 0.05) is 29.4 Å². The van der Waals surface area contributed by atoms with Crippen molar-refractivity contribution >= 4 is 22.4 Å². The largest absolute Gasteiger partial charge is 0.573 e. The molecule has 0 atom stereocenters. The molecule has 164 valence electrons. The number of fused-ring (bicyclic) bond motifs is 1. The number of hydrogen-bond acceptors (Lipinski definition) is 4. The monoisotopic (exact) mass is 439 g/mol. The van der Waals surface area contributed by atoms with Crippen LogP contribution < -0.4 is 9.75 Å². The first kappa shape index (κ1) is 21.5. The molecule has 3 aromatic rings. The van der Waals surface area contributed by atoms with Crippen molar-refractivity contribution in [2.45, 2.75) is 25.6 Å². The van der Waals surface area contributed by atoms with Gasteiger partial charge in [0.2, 0.25) is 5.91 Å². The predicted molar refractivity (Wildman–Crippen MR) is 114 cm³/mol. The zero-order valence-corrected chi connectivity index (χ0v) is 17.1. The van der Waals surface area contributed by atoms with Crippen molar-refractivity contribution < 1.29 is 22.7 Å². The van der Waals surface area contributed by atoms with Gasteiger partial charge in [-0.05, 0) is 31.0 Å². The lowest BCUT2D eigenvalue weighted by atomic mass is 10.0. The van der Waals surface area contributed by atoms with Gasteiger partial charge in [-0.25, -0.2) is 0 Å². The van der Waals surface area contributed by atoms with Crippen LogP contribution in [-0.2, 0) is 11.2 Å². The summed E-state index contributed by atoms with van der Waals surface area (Å²) in [4.78, 5) is 13.2. The van der Waals surface area contributed by atoms with Crippen LogP contribution >= 0.6 is 0 Å². The lowest BCUT2D eigenvalue weighted by molar-refractivity contribution is -0.274. The number of hydrazine groups is 1. The molecular formula is C24H20F3N3O2. The normalized spacial score (nSPS) is 14.3. The van der Waals surface area contributed by atoms with Crippen molar-refractivity contribution in [3.63, 3.8) is 0 Å². The molecule has 0 aromatic heterocycles. The molecule has 3 aromatic carbocycles. The Morgan fingerprint density at radius 2 is 1.66 bits per heavy atom. The van der Waals surface area contributed by atoms with E-state index in [-0.39, 0.29) is 23.6 Å². The summed E-state index contributed by atoms with van der Waals surface area (Å²) < 4.78 is 42.4. The second-order valence-electron chi connectivity index (χ2n) is 7.47. The summed E-state index contributed by atoms with van der Waals surface area (Å²) in [7, 11) is 0. The minimum atomic E-state index is -4.84. The highest BCUT2D eigenvalue weighted by molar-refractivity contribution is 5.98. The number of halogens is 3. The third-order valence-electron chi connectivity index (χ3n) is 5.41. The van der Waals surface area contributed by atoms with Crippen LogP contribution in [0.3, 0.4) is 0 Å². The van der Waals surface area contributed by atoms with Crippen molar-refractivity contribution in [3.8, 4) is 11.8 Å². The molecule has 0 bridgehead atoms. The number of amides is 1. The highest BCUT2D eigenvalue weighted by atomic mass is 19.4. The molecule has 1 saturated heterocycles. The summed E-state index contributed by atoms with van der Waals surface area (Å²) in [6.45, 7) is 1.04. The van der Waals surface area contributed by atoms with E-state index in [0.29, 0.717) is 18.7 Å². The number of benzene rings is 3. The van der Waals surface area contributed by atoms with Crippen molar-refractivity contribution in [1.82, 2.24) is 5.01 Å². The highest BCUT2D eigenvalue weighted by Gasteiger charge is 2.33. The molecule has 1 aliphatic heterocycles. The Balaban J connectivity index is 1.66. The minimum Gasteiger partial charge on any atom is -0.405 e. The summed E-state index contributed by atoms with van der Waals surface area (Å²) >= 11 is 0. The molecular weight excluding hydrogens is 419 g/mol. The van der Waals surface area contributed by atoms with Gasteiger partial charge >= 0.3 is 6.36 Å². The van der Waals surface area contributed by atoms with Crippen LogP contribution in [0.1, 0.15) is 24.0 Å². The van der Waals surface area contributed by atoms with Gasteiger partial charge in [-0.15, -0.1) is 13.2 Å². The van der Waals surface area contributed by atoms with E-state index in [1.807, 2.05) is 35.3 Å². The van der Waals surface area contributed by atoms with Crippen LogP contribution in [0.5, 0.6) is 5.75 Å². The smallest absolute Gasteiger partial charge is 0.405 e. The van der Waals surface area contributed by atoms with Gasteiger partial charge in [-0.1, -0.05) is 42.5 Å². The zero-order valence-electron chi connectivity index (χ0n) is 17.1. The van der Waals surface area contributed by atoms with E-state index < -0.39 is 6.36 Å². The number of carbonyl (C=O) groups is 1. The summed E-state index contributed by atoms with van der Waals surface area (Å²) in [6, 6.07) is 18.9. The molecule has 1 heterocycles. The van der Waals surface area contributed by atoms with Crippen molar-refractivity contribution in [2.24, 2.45) is 0 Å². The maximum atomic E-state index is 13.2. The number of alkyl halides is 3. The van der Waals surface area contributed by atoms with Gasteiger partial charge in [-0.3, -0.25) is 14.8 Å². The molecule has 32 heavy (non-hydrogen) atoms. The Kier molecular flexibility index (Phi) is 5.91. The minimum absolute atomic E-state index is 0.171. The molecule has 1 aliphatic rings. The van der Waals surface area contributed by atoms with Crippen molar-refractivity contribution in [2.75, 3.05) is 18.1 Å². The fraction of sp³-hybridized carbons (Fsp3) is 0.250. The van der Waals surface area contributed by atoms with Crippen molar-refractivity contribution in [1.29, 1.82) is 5.26 Å². The fourth-order valence-corrected chi connectivity index (χ4v) is 4.01. The lowest BCUT2D eigenvalue weighted by Crippen LogP contribution is -2.51. The maximum Gasteiger partial charge on any atom is 0.573 e. The van der Waals surface area contributed by atoms with E-state index >= 15 is 0 Å². The summed E-state index contributed by atoms with van der Waals surface area (Å²) in [5, 5.41) is 14.5. The summed E-state index contributed by atoms with van der Waals surface area (Å²) in [5.74, 6) is -0.697. The quantitative estimate of drug-likeness (QED) is 0.561. The number of para-hydroxylation sites is 1. The first-order valence-corrected chi connectivity index (χ1v) is 10.2. The SMILES string of the molecule is N#Cc1ccc(N2CCCCN2C(=O)Cc2ccccc2OC(F)(F)F)c2ccccc12. The van der Waals surface area contributed by atoms with Crippen LogP contribution in [0.15, 0.2) is 60.7 Å². The van der Waals surface area contributed by atoms with Crippen molar-refractivity contribution in [3.05, 3.63) is 71.8 Å².